The Morgan fingerprint density at radius 1 is 1.31 bits per heavy atom. The lowest BCUT2D eigenvalue weighted by Crippen LogP contribution is -2.45. The number of hydrogen-bond donors (Lipinski definition) is 1. The molecule has 0 aliphatic rings. The van der Waals surface area contributed by atoms with Crippen LogP contribution in [0.5, 0.6) is 0 Å². The van der Waals surface area contributed by atoms with Crippen molar-refractivity contribution in [2.24, 2.45) is 11.8 Å². The molecule has 0 saturated heterocycles. The summed E-state index contributed by atoms with van der Waals surface area (Å²) in [5, 5.41) is 3.80. The highest BCUT2D eigenvalue weighted by atomic mass is 79.9. The molecule has 1 N–H and O–H groups in total. The quantitative estimate of drug-likeness (QED) is 0.805. The van der Waals surface area contributed by atoms with Crippen LogP contribution in [0.1, 0.15) is 41.5 Å². The highest BCUT2D eigenvalue weighted by Crippen LogP contribution is 2.16. The summed E-state index contributed by atoms with van der Waals surface area (Å²) in [7, 11) is 0. The van der Waals surface area contributed by atoms with Gasteiger partial charge in [-0.25, -0.2) is 4.79 Å². The van der Waals surface area contributed by atoms with E-state index in [1.165, 1.54) is 0 Å². The predicted molar refractivity (Wildman–Crippen MR) is 71.0 cm³/mol. The van der Waals surface area contributed by atoms with Crippen LogP contribution < -0.4 is 5.32 Å². The molecule has 2 atom stereocenters. The van der Waals surface area contributed by atoms with Crippen LogP contribution in [0, 0.1) is 11.8 Å². The summed E-state index contributed by atoms with van der Waals surface area (Å²) >= 11 is 3.44. The van der Waals surface area contributed by atoms with E-state index in [1.807, 2.05) is 20.8 Å². The number of alkyl carbamates (subject to hydrolysis) is 1. The normalized spacial score (nSPS) is 15.8. The first-order valence-corrected chi connectivity index (χ1v) is 6.85. The van der Waals surface area contributed by atoms with Gasteiger partial charge in [0.1, 0.15) is 5.60 Å². The molecule has 0 rings (SSSR count). The fraction of sp³-hybridized carbons (Fsp3) is 0.917. The van der Waals surface area contributed by atoms with Gasteiger partial charge in [-0.3, -0.25) is 0 Å². The number of halogens is 1. The van der Waals surface area contributed by atoms with Crippen LogP contribution in [0.2, 0.25) is 0 Å². The van der Waals surface area contributed by atoms with Gasteiger partial charge in [-0.15, -0.1) is 0 Å². The molecular formula is C12H24BrNO2. The molecule has 0 aromatic rings. The van der Waals surface area contributed by atoms with Crippen LogP contribution in [-0.2, 0) is 4.74 Å². The van der Waals surface area contributed by atoms with Crippen molar-refractivity contribution in [3.8, 4) is 0 Å². The SMILES string of the molecule is CC(C)C(NC(=O)OC(C)(C)C)C(C)CBr. The Labute approximate surface area is 107 Å². The molecule has 0 aliphatic heterocycles. The molecule has 0 saturated carbocycles. The first kappa shape index (κ1) is 15.8. The van der Waals surface area contributed by atoms with Gasteiger partial charge < -0.3 is 10.1 Å². The molecule has 0 fully saturated rings. The van der Waals surface area contributed by atoms with E-state index in [-0.39, 0.29) is 12.1 Å². The first-order valence-electron chi connectivity index (χ1n) is 5.73. The molecule has 0 spiro atoms. The highest BCUT2D eigenvalue weighted by Gasteiger charge is 2.24. The monoisotopic (exact) mass is 293 g/mol. The lowest BCUT2D eigenvalue weighted by molar-refractivity contribution is 0.0473. The van der Waals surface area contributed by atoms with Crippen LogP contribution in [0.25, 0.3) is 0 Å². The number of carbonyl (C=O) groups excluding carboxylic acids is 1. The summed E-state index contributed by atoms with van der Waals surface area (Å²) < 4.78 is 5.25. The predicted octanol–water partition coefficient (Wildman–Crippen LogP) is 3.57. The minimum Gasteiger partial charge on any atom is -0.444 e. The number of carbonyl (C=O) groups is 1. The number of nitrogens with one attached hydrogen (secondary N) is 1. The van der Waals surface area contributed by atoms with Crippen molar-refractivity contribution >= 4 is 22.0 Å². The van der Waals surface area contributed by atoms with E-state index < -0.39 is 5.60 Å². The summed E-state index contributed by atoms with van der Waals surface area (Å²) in [6, 6.07) is 0.134. The lowest BCUT2D eigenvalue weighted by atomic mass is 9.93. The number of rotatable bonds is 4. The third-order valence-electron chi connectivity index (χ3n) is 2.26. The van der Waals surface area contributed by atoms with Crippen molar-refractivity contribution < 1.29 is 9.53 Å². The van der Waals surface area contributed by atoms with E-state index in [0.717, 1.165) is 5.33 Å². The maximum atomic E-state index is 11.6. The van der Waals surface area contributed by atoms with E-state index in [2.05, 4.69) is 42.0 Å². The van der Waals surface area contributed by atoms with Crippen molar-refractivity contribution in [1.82, 2.24) is 5.32 Å². The van der Waals surface area contributed by atoms with Gasteiger partial charge in [-0.1, -0.05) is 36.7 Å². The smallest absolute Gasteiger partial charge is 0.407 e. The van der Waals surface area contributed by atoms with Gasteiger partial charge in [0.05, 0.1) is 0 Å². The molecule has 96 valence electrons. The zero-order valence-corrected chi connectivity index (χ0v) is 12.7. The Balaban J connectivity index is 4.36. The van der Waals surface area contributed by atoms with Crippen molar-refractivity contribution in [2.45, 2.75) is 53.2 Å². The fourth-order valence-corrected chi connectivity index (χ4v) is 1.91. The van der Waals surface area contributed by atoms with E-state index in [1.54, 1.807) is 0 Å². The third kappa shape index (κ3) is 6.36. The van der Waals surface area contributed by atoms with Gasteiger partial charge in [-0.2, -0.15) is 0 Å². The van der Waals surface area contributed by atoms with Crippen LogP contribution in [-0.4, -0.2) is 23.1 Å². The molecule has 3 nitrogen and oxygen atoms in total. The molecular weight excluding hydrogens is 270 g/mol. The topological polar surface area (TPSA) is 38.3 Å². The summed E-state index contributed by atoms with van der Waals surface area (Å²) in [5.74, 6) is 0.771. The average molecular weight is 294 g/mol. The van der Waals surface area contributed by atoms with Crippen molar-refractivity contribution in [3.05, 3.63) is 0 Å². The Kier molecular flexibility index (Phi) is 6.38. The lowest BCUT2D eigenvalue weighted by Gasteiger charge is -2.29. The largest absolute Gasteiger partial charge is 0.444 e. The molecule has 0 aliphatic carbocycles. The van der Waals surface area contributed by atoms with Gasteiger partial charge >= 0.3 is 6.09 Å². The molecule has 0 aromatic carbocycles. The van der Waals surface area contributed by atoms with Crippen molar-refractivity contribution in [3.63, 3.8) is 0 Å². The first-order chi connectivity index (χ1) is 7.17. The van der Waals surface area contributed by atoms with E-state index in [0.29, 0.717) is 11.8 Å². The molecule has 1 amide bonds. The van der Waals surface area contributed by atoms with Gasteiger partial charge in [-0.05, 0) is 32.6 Å². The highest BCUT2D eigenvalue weighted by molar-refractivity contribution is 9.09. The summed E-state index contributed by atoms with van der Waals surface area (Å²) in [6.07, 6.45) is -0.334. The van der Waals surface area contributed by atoms with Crippen molar-refractivity contribution in [2.75, 3.05) is 5.33 Å². The minimum atomic E-state index is -0.441. The van der Waals surface area contributed by atoms with Crippen molar-refractivity contribution in [1.29, 1.82) is 0 Å². The number of hydrogen-bond acceptors (Lipinski definition) is 2. The maximum Gasteiger partial charge on any atom is 0.407 e. The molecule has 16 heavy (non-hydrogen) atoms. The standard InChI is InChI=1S/C12H24BrNO2/c1-8(2)10(9(3)7-13)14-11(15)16-12(4,5)6/h8-10H,7H2,1-6H3,(H,14,15). The van der Waals surface area contributed by atoms with Gasteiger partial charge in [0.15, 0.2) is 0 Å². The molecule has 2 unspecified atom stereocenters. The second kappa shape index (κ2) is 6.48. The summed E-state index contributed by atoms with van der Waals surface area (Å²) in [5.41, 5.74) is -0.441. The number of amides is 1. The van der Waals surface area contributed by atoms with Crippen LogP contribution in [0.4, 0.5) is 4.79 Å². The van der Waals surface area contributed by atoms with E-state index in [4.69, 9.17) is 4.74 Å². The molecule has 4 heteroatoms. The number of alkyl halides is 1. The van der Waals surface area contributed by atoms with Gasteiger partial charge in [0.25, 0.3) is 0 Å². The zero-order chi connectivity index (χ0) is 12.9. The average Bonchev–Trinajstić information content (AvgIpc) is 2.09. The Bertz CT molecular complexity index is 224. The fourth-order valence-electron chi connectivity index (χ4n) is 1.51. The Hall–Kier alpha value is -0.250. The second-order valence-electron chi connectivity index (χ2n) is 5.55. The molecule has 0 heterocycles. The van der Waals surface area contributed by atoms with E-state index >= 15 is 0 Å². The molecule has 0 bridgehead atoms. The minimum absolute atomic E-state index is 0.134. The maximum absolute atomic E-state index is 11.6. The summed E-state index contributed by atoms with van der Waals surface area (Å²) in [4.78, 5) is 11.6. The molecule has 0 aromatic heterocycles. The summed E-state index contributed by atoms with van der Waals surface area (Å²) in [6.45, 7) is 11.9. The Morgan fingerprint density at radius 2 is 1.81 bits per heavy atom. The van der Waals surface area contributed by atoms with Crippen LogP contribution in [0.3, 0.4) is 0 Å². The van der Waals surface area contributed by atoms with Gasteiger partial charge in [0.2, 0.25) is 0 Å². The number of ether oxygens (including phenoxy) is 1. The van der Waals surface area contributed by atoms with Gasteiger partial charge in [0, 0.05) is 11.4 Å². The van der Waals surface area contributed by atoms with Crippen LogP contribution >= 0.6 is 15.9 Å². The van der Waals surface area contributed by atoms with E-state index in [9.17, 15) is 4.79 Å². The zero-order valence-electron chi connectivity index (χ0n) is 11.1. The third-order valence-corrected chi connectivity index (χ3v) is 3.28. The van der Waals surface area contributed by atoms with Crippen LogP contribution in [0.15, 0.2) is 0 Å². The second-order valence-corrected chi connectivity index (χ2v) is 6.20. The molecule has 0 radical (unpaired) electrons. The Morgan fingerprint density at radius 3 is 2.12 bits per heavy atom.